The summed E-state index contributed by atoms with van der Waals surface area (Å²) in [7, 11) is 0. The second-order valence-electron chi connectivity index (χ2n) is 7.09. The van der Waals surface area contributed by atoms with Gasteiger partial charge in [0.25, 0.3) is 0 Å². The molecule has 1 N–H and O–H groups in total. The standard InChI is InChI=1S/C23H27Cl2FN2O2/c1-3-5-13-27-23(30)21(4-2)28(15-16-9-11-17(26)12-10-16)22(29)14-18-19(24)7-6-8-20(18)25/h6-12,21H,3-5,13-15H2,1-2H3,(H,27,30). The van der Waals surface area contributed by atoms with Crippen LogP contribution in [-0.4, -0.2) is 29.3 Å². The molecule has 2 rings (SSSR count). The maximum absolute atomic E-state index is 13.3. The van der Waals surface area contributed by atoms with Crippen LogP contribution < -0.4 is 5.32 Å². The van der Waals surface area contributed by atoms with E-state index in [2.05, 4.69) is 5.32 Å². The predicted molar refractivity (Wildman–Crippen MR) is 119 cm³/mol. The van der Waals surface area contributed by atoms with Gasteiger partial charge in [-0.1, -0.05) is 61.7 Å². The summed E-state index contributed by atoms with van der Waals surface area (Å²) in [5, 5.41) is 3.71. The molecule has 0 heterocycles. The van der Waals surface area contributed by atoms with Crippen molar-refractivity contribution < 1.29 is 14.0 Å². The molecule has 2 amide bonds. The summed E-state index contributed by atoms with van der Waals surface area (Å²) in [5.74, 6) is -0.831. The second-order valence-corrected chi connectivity index (χ2v) is 7.91. The highest BCUT2D eigenvalue weighted by molar-refractivity contribution is 6.36. The number of amides is 2. The number of hydrogen-bond acceptors (Lipinski definition) is 2. The summed E-state index contributed by atoms with van der Waals surface area (Å²) in [6.07, 6.45) is 2.24. The quantitative estimate of drug-likeness (QED) is 0.490. The van der Waals surface area contributed by atoms with E-state index in [1.807, 2.05) is 13.8 Å². The van der Waals surface area contributed by atoms with Crippen LogP contribution in [0.4, 0.5) is 4.39 Å². The molecular formula is C23H27Cl2FN2O2. The van der Waals surface area contributed by atoms with Gasteiger partial charge in [0.15, 0.2) is 0 Å². The number of benzene rings is 2. The van der Waals surface area contributed by atoms with Crippen LogP contribution in [0.2, 0.25) is 10.0 Å². The highest BCUT2D eigenvalue weighted by atomic mass is 35.5. The van der Waals surface area contributed by atoms with Crippen molar-refractivity contribution in [3.8, 4) is 0 Å². The van der Waals surface area contributed by atoms with E-state index < -0.39 is 6.04 Å². The number of hydrogen-bond donors (Lipinski definition) is 1. The van der Waals surface area contributed by atoms with E-state index in [1.54, 1.807) is 30.3 Å². The molecule has 1 atom stereocenters. The number of nitrogens with one attached hydrogen (secondary N) is 1. The van der Waals surface area contributed by atoms with Crippen molar-refractivity contribution >= 4 is 35.0 Å². The molecular weight excluding hydrogens is 426 g/mol. The normalized spacial score (nSPS) is 11.8. The Hall–Kier alpha value is -2.11. The first-order chi connectivity index (χ1) is 14.4. The molecule has 0 fully saturated rings. The Morgan fingerprint density at radius 1 is 1.07 bits per heavy atom. The van der Waals surface area contributed by atoms with E-state index in [4.69, 9.17) is 23.2 Å². The lowest BCUT2D eigenvalue weighted by Gasteiger charge is -2.31. The number of carbonyl (C=O) groups is 2. The van der Waals surface area contributed by atoms with Gasteiger partial charge in [-0.25, -0.2) is 4.39 Å². The number of nitrogens with zero attached hydrogens (tertiary/aromatic N) is 1. The molecule has 0 radical (unpaired) electrons. The fraction of sp³-hybridized carbons (Fsp3) is 0.391. The number of carbonyl (C=O) groups excluding carboxylic acids is 2. The SMILES string of the molecule is CCCCNC(=O)C(CC)N(Cc1ccc(F)cc1)C(=O)Cc1c(Cl)cccc1Cl. The van der Waals surface area contributed by atoms with Gasteiger partial charge >= 0.3 is 0 Å². The van der Waals surface area contributed by atoms with Crippen molar-refractivity contribution in [3.63, 3.8) is 0 Å². The summed E-state index contributed by atoms with van der Waals surface area (Å²) in [6.45, 7) is 4.64. The molecule has 0 aliphatic rings. The summed E-state index contributed by atoms with van der Waals surface area (Å²) < 4.78 is 13.3. The van der Waals surface area contributed by atoms with Crippen molar-refractivity contribution in [2.24, 2.45) is 0 Å². The smallest absolute Gasteiger partial charge is 0.242 e. The van der Waals surface area contributed by atoms with Crippen molar-refractivity contribution in [2.75, 3.05) is 6.54 Å². The minimum atomic E-state index is -0.652. The molecule has 0 aromatic heterocycles. The maximum Gasteiger partial charge on any atom is 0.242 e. The fourth-order valence-corrected chi connectivity index (χ4v) is 3.70. The summed E-state index contributed by atoms with van der Waals surface area (Å²) in [6, 6.07) is 10.3. The highest BCUT2D eigenvalue weighted by Crippen LogP contribution is 2.26. The molecule has 2 aromatic carbocycles. The molecule has 30 heavy (non-hydrogen) atoms. The summed E-state index contributed by atoms with van der Waals surface area (Å²) in [5.41, 5.74) is 1.26. The number of rotatable bonds is 10. The largest absolute Gasteiger partial charge is 0.354 e. The van der Waals surface area contributed by atoms with E-state index in [-0.39, 0.29) is 30.6 Å². The van der Waals surface area contributed by atoms with Crippen LogP contribution in [0.5, 0.6) is 0 Å². The van der Waals surface area contributed by atoms with Gasteiger partial charge in [-0.05, 0) is 48.2 Å². The van der Waals surface area contributed by atoms with Crippen LogP contribution in [0.25, 0.3) is 0 Å². The Morgan fingerprint density at radius 2 is 1.70 bits per heavy atom. The number of halogens is 3. The molecule has 2 aromatic rings. The Morgan fingerprint density at radius 3 is 2.27 bits per heavy atom. The highest BCUT2D eigenvalue weighted by Gasteiger charge is 2.29. The van der Waals surface area contributed by atoms with Gasteiger partial charge in [-0.15, -0.1) is 0 Å². The van der Waals surface area contributed by atoms with E-state index in [1.165, 1.54) is 17.0 Å². The minimum absolute atomic E-state index is 0.0293. The summed E-state index contributed by atoms with van der Waals surface area (Å²) in [4.78, 5) is 27.6. The van der Waals surface area contributed by atoms with E-state index >= 15 is 0 Å². The van der Waals surface area contributed by atoms with E-state index in [9.17, 15) is 14.0 Å². The third-order valence-corrected chi connectivity index (χ3v) is 5.58. The Kier molecular flexibility index (Phi) is 9.60. The zero-order valence-electron chi connectivity index (χ0n) is 17.3. The van der Waals surface area contributed by atoms with Crippen LogP contribution in [0.15, 0.2) is 42.5 Å². The lowest BCUT2D eigenvalue weighted by atomic mass is 10.1. The maximum atomic E-state index is 13.3. The van der Waals surface area contributed by atoms with Gasteiger partial charge in [0.05, 0.1) is 6.42 Å². The van der Waals surface area contributed by atoms with Gasteiger partial charge in [-0.2, -0.15) is 0 Å². The first-order valence-corrected chi connectivity index (χ1v) is 10.9. The average Bonchev–Trinajstić information content (AvgIpc) is 2.72. The van der Waals surface area contributed by atoms with Crippen LogP contribution in [-0.2, 0) is 22.6 Å². The van der Waals surface area contributed by atoms with Gasteiger partial charge in [0.2, 0.25) is 11.8 Å². The summed E-state index contributed by atoms with van der Waals surface area (Å²) >= 11 is 12.5. The minimum Gasteiger partial charge on any atom is -0.354 e. The molecule has 0 saturated heterocycles. The molecule has 0 aliphatic heterocycles. The van der Waals surface area contributed by atoms with Crippen LogP contribution in [0.1, 0.15) is 44.2 Å². The molecule has 162 valence electrons. The van der Waals surface area contributed by atoms with Crippen molar-refractivity contribution in [1.29, 1.82) is 0 Å². The molecule has 0 saturated carbocycles. The van der Waals surface area contributed by atoms with Gasteiger partial charge in [0, 0.05) is 23.1 Å². The lowest BCUT2D eigenvalue weighted by Crippen LogP contribution is -2.49. The Labute approximate surface area is 187 Å². The molecule has 0 spiro atoms. The van der Waals surface area contributed by atoms with Crippen molar-refractivity contribution in [1.82, 2.24) is 10.2 Å². The van der Waals surface area contributed by atoms with Crippen LogP contribution in [0.3, 0.4) is 0 Å². The van der Waals surface area contributed by atoms with Gasteiger partial charge in [-0.3, -0.25) is 9.59 Å². The second kappa shape index (κ2) is 11.9. The topological polar surface area (TPSA) is 49.4 Å². The third kappa shape index (κ3) is 6.71. The number of unbranched alkanes of at least 4 members (excludes halogenated alkanes) is 1. The molecule has 0 bridgehead atoms. The molecule has 7 heteroatoms. The Balaban J connectivity index is 2.29. The van der Waals surface area contributed by atoms with E-state index in [0.29, 0.717) is 28.6 Å². The third-order valence-electron chi connectivity index (χ3n) is 4.87. The molecule has 1 unspecified atom stereocenters. The van der Waals surface area contributed by atoms with Gasteiger partial charge < -0.3 is 10.2 Å². The monoisotopic (exact) mass is 452 g/mol. The fourth-order valence-electron chi connectivity index (χ4n) is 3.17. The average molecular weight is 453 g/mol. The Bertz CT molecular complexity index is 839. The van der Waals surface area contributed by atoms with Crippen LogP contribution in [0, 0.1) is 5.82 Å². The molecule has 4 nitrogen and oxygen atoms in total. The molecule has 0 aliphatic carbocycles. The van der Waals surface area contributed by atoms with Gasteiger partial charge in [0.1, 0.15) is 11.9 Å². The van der Waals surface area contributed by atoms with E-state index in [0.717, 1.165) is 18.4 Å². The van der Waals surface area contributed by atoms with Crippen molar-refractivity contribution in [2.45, 2.75) is 52.1 Å². The van der Waals surface area contributed by atoms with Crippen molar-refractivity contribution in [3.05, 3.63) is 69.5 Å². The van der Waals surface area contributed by atoms with Crippen LogP contribution >= 0.6 is 23.2 Å². The lowest BCUT2D eigenvalue weighted by molar-refractivity contribution is -0.140. The zero-order chi connectivity index (χ0) is 22.1. The predicted octanol–water partition coefficient (Wildman–Crippen LogP) is 5.40. The zero-order valence-corrected chi connectivity index (χ0v) is 18.8. The first kappa shape index (κ1) is 24.2. The first-order valence-electron chi connectivity index (χ1n) is 10.1.